The van der Waals surface area contributed by atoms with Crippen LogP contribution >= 0.6 is 27.3 Å². The monoisotopic (exact) mass is 283 g/mol. The van der Waals surface area contributed by atoms with E-state index in [1.165, 1.54) is 5.56 Å². The van der Waals surface area contributed by atoms with Gasteiger partial charge in [-0.3, -0.25) is 0 Å². The Morgan fingerprint density at radius 1 is 1.33 bits per heavy atom. The number of aliphatic hydroxyl groups excluding tert-OH is 1. The predicted octanol–water partition coefficient (Wildman–Crippen LogP) is 2.99. The molecule has 0 spiro atoms. The van der Waals surface area contributed by atoms with Gasteiger partial charge >= 0.3 is 0 Å². The summed E-state index contributed by atoms with van der Waals surface area (Å²) < 4.78 is 1.10. The standard InChI is InChI=1S/C11H10BrNOS/c12-10-4-2-1-3-8(10)5-11-13-9(6-14)7-15-11/h1-4,7,14H,5-6H2. The number of hydrogen-bond acceptors (Lipinski definition) is 3. The van der Waals surface area contributed by atoms with Gasteiger partial charge in [-0.05, 0) is 11.6 Å². The van der Waals surface area contributed by atoms with E-state index >= 15 is 0 Å². The maximum Gasteiger partial charge on any atom is 0.0973 e. The SMILES string of the molecule is OCc1csc(Cc2ccccc2Br)n1. The summed E-state index contributed by atoms with van der Waals surface area (Å²) in [5.74, 6) is 0. The summed E-state index contributed by atoms with van der Waals surface area (Å²) in [5, 5.41) is 11.8. The summed E-state index contributed by atoms with van der Waals surface area (Å²) in [6, 6.07) is 8.11. The lowest BCUT2D eigenvalue weighted by Gasteiger charge is -2.00. The van der Waals surface area contributed by atoms with Gasteiger partial charge in [0.05, 0.1) is 17.3 Å². The van der Waals surface area contributed by atoms with Gasteiger partial charge in [-0.25, -0.2) is 4.98 Å². The minimum atomic E-state index is 0.0203. The summed E-state index contributed by atoms with van der Waals surface area (Å²) in [7, 11) is 0. The quantitative estimate of drug-likeness (QED) is 0.940. The van der Waals surface area contributed by atoms with E-state index in [0.717, 1.165) is 21.6 Å². The summed E-state index contributed by atoms with van der Waals surface area (Å²) in [5.41, 5.74) is 1.97. The molecule has 1 N–H and O–H groups in total. The van der Waals surface area contributed by atoms with E-state index in [0.29, 0.717) is 0 Å². The molecule has 2 aromatic rings. The zero-order valence-electron chi connectivity index (χ0n) is 7.98. The Labute approximate surface area is 101 Å². The third-order valence-electron chi connectivity index (χ3n) is 2.06. The van der Waals surface area contributed by atoms with Crippen LogP contribution in [0.25, 0.3) is 0 Å². The highest BCUT2D eigenvalue weighted by Gasteiger charge is 2.04. The number of halogens is 1. The molecule has 0 bridgehead atoms. The Kier molecular flexibility index (Phi) is 3.51. The number of benzene rings is 1. The van der Waals surface area contributed by atoms with Crippen molar-refractivity contribution >= 4 is 27.3 Å². The van der Waals surface area contributed by atoms with E-state index in [2.05, 4.69) is 27.0 Å². The Morgan fingerprint density at radius 2 is 2.13 bits per heavy atom. The molecule has 0 radical (unpaired) electrons. The largest absolute Gasteiger partial charge is 0.390 e. The predicted molar refractivity (Wildman–Crippen MR) is 65.0 cm³/mol. The molecule has 15 heavy (non-hydrogen) atoms. The summed E-state index contributed by atoms with van der Waals surface area (Å²) in [6.45, 7) is 0.0203. The molecule has 0 aliphatic rings. The van der Waals surface area contributed by atoms with Crippen molar-refractivity contribution in [3.8, 4) is 0 Å². The molecule has 0 atom stereocenters. The first-order valence-electron chi connectivity index (χ1n) is 4.57. The molecule has 0 unspecified atom stereocenters. The van der Waals surface area contributed by atoms with E-state index in [1.807, 2.05) is 23.6 Å². The minimum Gasteiger partial charge on any atom is -0.390 e. The van der Waals surface area contributed by atoms with Crippen molar-refractivity contribution in [2.75, 3.05) is 0 Å². The van der Waals surface area contributed by atoms with E-state index in [4.69, 9.17) is 5.11 Å². The minimum absolute atomic E-state index is 0.0203. The van der Waals surface area contributed by atoms with Gasteiger partial charge in [0.25, 0.3) is 0 Å². The van der Waals surface area contributed by atoms with Crippen LogP contribution in [0.4, 0.5) is 0 Å². The average molecular weight is 284 g/mol. The maximum atomic E-state index is 8.91. The normalized spacial score (nSPS) is 10.5. The van der Waals surface area contributed by atoms with Crippen molar-refractivity contribution in [3.05, 3.63) is 50.4 Å². The van der Waals surface area contributed by atoms with Crippen LogP contribution in [0, 0.1) is 0 Å². The first-order valence-corrected chi connectivity index (χ1v) is 6.24. The fourth-order valence-electron chi connectivity index (χ4n) is 1.31. The van der Waals surface area contributed by atoms with Gasteiger partial charge in [0.15, 0.2) is 0 Å². The third-order valence-corrected chi connectivity index (χ3v) is 3.73. The highest BCUT2D eigenvalue weighted by atomic mass is 79.9. The number of rotatable bonds is 3. The summed E-state index contributed by atoms with van der Waals surface area (Å²) in [4.78, 5) is 4.31. The number of hydrogen-bond donors (Lipinski definition) is 1. The molecule has 0 saturated heterocycles. The Balaban J connectivity index is 2.18. The highest BCUT2D eigenvalue weighted by molar-refractivity contribution is 9.10. The zero-order valence-corrected chi connectivity index (χ0v) is 10.4. The zero-order chi connectivity index (χ0) is 10.7. The van der Waals surface area contributed by atoms with Crippen molar-refractivity contribution in [2.24, 2.45) is 0 Å². The average Bonchev–Trinajstić information content (AvgIpc) is 2.69. The number of thiazole rings is 1. The molecule has 0 aliphatic carbocycles. The second-order valence-electron chi connectivity index (χ2n) is 3.16. The lowest BCUT2D eigenvalue weighted by molar-refractivity contribution is 0.277. The molecule has 0 amide bonds. The lowest BCUT2D eigenvalue weighted by Crippen LogP contribution is -1.90. The Morgan fingerprint density at radius 3 is 2.80 bits per heavy atom. The first-order chi connectivity index (χ1) is 7.29. The van der Waals surface area contributed by atoms with Crippen molar-refractivity contribution in [1.29, 1.82) is 0 Å². The van der Waals surface area contributed by atoms with E-state index in [9.17, 15) is 0 Å². The fourth-order valence-corrected chi connectivity index (χ4v) is 2.54. The number of nitrogens with zero attached hydrogens (tertiary/aromatic N) is 1. The molecule has 0 saturated carbocycles. The molecule has 1 aromatic heterocycles. The van der Waals surface area contributed by atoms with E-state index < -0.39 is 0 Å². The van der Waals surface area contributed by atoms with Crippen molar-refractivity contribution in [2.45, 2.75) is 13.0 Å². The van der Waals surface area contributed by atoms with Gasteiger partial charge in [-0.2, -0.15) is 0 Å². The lowest BCUT2D eigenvalue weighted by atomic mass is 10.2. The molecule has 0 fully saturated rings. The number of aromatic nitrogens is 1. The highest BCUT2D eigenvalue weighted by Crippen LogP contribution is 2.21. The molecule has 2 nitrogen and oxygen atoms in total. The van der Waals surface area contributed by atoms with E-state index in [1.54, 1.807) is 11.3 Å². The molecule has 4 heteroatoms. The first kappa shape index (κ1) is 10.8. The van der Waals surface area contributed by atoms with Gasteiger partial charge in [-0.1, -0.05) is 34.1 Å². The van der Waals surface area contributed by atoms with E-state index in [-0.39, 0.29) is 6.61 Å². The Hall–Kier alpha value is -0.710. The molecule has 2 rings (SSSR count). The molecular formula is C11H10BrNOS. The van der Waals surface area contributed by atoms with Gasteiger partial charge in [0.1, 0.15) is 0 Å². The van der Waals surface area contributed by atoms with Crippen LogP contribution in [0.3, 0.4) is 0 Å². The Bertz CT molecular complexity index is 455. The smallest absolute Gasteiger partial charge is 0.0973 e. The second kappa shape index (κ2) is 4.88. The van der Waals surface area contributed by atoms with Crippen LogP contribution in [-0.2, 0) is 13.0 Å². The van der Waals surface area contributed by atoms with Crippen molar-refractivity contribution < 1.29 is 5.11 Å². The van der Waals surface area contributed by atoms with Crippen molar-refractivity contribution in [3.63, 3.8) is 0 Å². The van der Waals surface area contributed by atoms with Crippen LogP contribution < -0.4 is 0 Å². The van der Waals surface area contributed by atoms with Crippen LogP contribution in [-0.4, -0.2) is 10.1 Å². The van der Waals surface area contributed by atoms with Crippen LogP contribution in [0.1, 0.15) is 16.3 Å². The molecular weight excluding hydrogens is 274 g/mol. The third kappa shape index (κ3) is 2.65. The van der Waals surface area contributed by atoms with Gasteiger partial charge < -0.3 is 5.11 Å². The fraction of sp³-hybridized carbons (Fsp3) is 0.182. The maximum absolute atomic E-state index is 8.91. The number of aliphatic hydroxyl groups is 1. The molecule has 78 valence electrons. The van der Waals surface area contributed by atoms with Gasteiger partial charge in [0, 0.05) is 16.3 Å². The van der Waals surface area contributed by atoms with Gasteiger partial charge in [0.2, 0.25) is 0 Å². The van der Waals surface area contributed by atoms with Crippen LogP contribution in [0.2, 0.25) is 0 Å². The topological polar surface area (TPSA) is 33.1 Å². The second-order valence-corrected chi connectivity index (χ2v) is 4.96. The molecule has 1 aromatic carbocycles. The van der Waals surface area contributed by atoms with Crippen LogP contribution in [0.5, 0.6) is 0 Å². The molecule has 0 aliphatic heterocycles. The summed E-state index contributed by atoms with van der Waals surface area (Å²) >= 11 is 5.09. The van der Waals surface area contributed by atoms with Crippen molar-refractivity contribution in [1.82, 2.24) is 4.98 Å². The van der Waals surface area contributed by atoms with Crippen LogP contribution in [0.15, 0.2) is 34.1 Å². The summed E-state index contributed by atoms with van der Waals surface area (Å²) in [6.07, 6.45) is 0.812. The molecule has 1 heterocycles. The van der Waals surface area contributed by atoms with Gasteiger partial charge in [-0.15, -0.1) is 11.3 Å².